The second-order valence-corrected chi connectivity index (χ2v) is 4.38. The molecule has 2 aliphatic heterocycles. The van der Waals surface area contributed by atoms with E-state index in [1.807, 2.05) is 6.92 Å². The molecule has 2 heterocycles. The highest BCUT2D eigenvalue weighted by Gasteiger charge is 2.40. The highest BCUT2D eigenvalue weighted by Crippen LogP contribution is 2.25. The Bertz CT molecular complexity index is 161. The van der Waals surface area contributed by atoms with E-state index in [4.69, 9.17) is 0 Å². The standard InChI is InChI=1S/C9H18N2O.ClH/c1-9(12)6-11(7-9)8-2-4-10-5-3-8;/h8,10,12H,2-7H2,1H3;1H. The summed E-state index contributed by atoms with van der Waals surface area (Å²) in [4.78, 5) is 2.40. The van der Waals surface area contributed by atoms with Crippen LogP contribution in [-0.4, -0.2) is 47.8 Å². The van der Waals surface area contributed by atoms with Crippen LogP contribution in [0.15, 0.2) is 0 Å². The van der Waals surface area contributed by atoms with E-state index in [-0.39, 0.29) is 12.4 Å². The molecule has 2 saturated heterocycles. The Kier molecular flexibility index (Phi) is 3.57. The van der Waals surface area contributed by atoms with Crippen molar-refractivity contribution in [1.29, 1.82) is 0 Å². The summed E-state index contributed by atoms with van der Waals surface area (Å²) >= 11 is 0. The molecule has 0 bridgehead atoms. The minimum absolute atomic E-state index is 0. The van der Waals surface area contributed by atoms with Crippen molar-refractivity contribution in [3.63, 3.8) is 0 Å². The summed E-state index contributed by atoms with van der Waals surface area (Å²) in [6.45, 7) is 5.95. The maximum atomic E-state index is 9.56. The van der Waals surface area contributed by atoms with Gasteiger partial charge in [-0.05, 0) is 32.9 Å². The topological polar surface area (TPSA) is 35.5 Å². The Labute approximate surface area is 85.9 Å². The normalized spacial score (nSPS) is 29.1. The van der Waals surface area contributed by atoms with Gasteiger partial charge in [-0.3, -0.25) is 4.90 Å². The average Bonchev–Trinajstić information content (AvgIpc) is 2.02. The number of hydrogen-bond donors (Lipinski definition) is 2. The van der Waals surface area contributed by atoms with E-state index in [0.29, 0.717) is 0 Å². The molecule has 0 aliphatic carbocycles. The molecule has 0 atom stereocenters. The quantitative estimate of drug-likeness (QED) is 0.645. The van der Waals surface area contributed by atoms with E-state index in [1.165, 1.54) is 12.8 Å². The van der Waals surface area contributed by atoms with Gasteiger partial charge in [-0.25, -0.2) is 0 Å². The van der Waals surface area contributed by atoms with E-state index >= 15 is 0 Å². The highest BCUT2D eigenvalue weighted by molar-refractivity contribution is 5.85. The van der Waals surface area contributed by atoms with Crippen LogP contribution in [0.1, 0.15) is 19.8 Å². The molecule has 0 spiro atoms. The monoisotopic (exact) mass is 206 g/mol. The predicted molar refractivity (Wildman–Crippen MR) is 55.3 cm³/mol. The van der Waals surface area contributed by atoms with Gasteiger partial charge in [-0.1, -0.05) is 0 Å². The summed E-state index contributed by atoms with van der Waals surface area (Å²) in [5, 5.41) is 12.9. The number of halogens is 1. The summed E-state index contributed by atoms with van der Waals surface area (Å²) in [7, 11) is 0. The number of β-amino-alcohol motifs (C(OH)–C–C–N with tert-alkyl or cyclic N) is 1. The molecule has 2 fully saturated rings. The van der Waals surface area contributed by atoms with Crippen LogP contribution < -0.4 is 5.32 Å². The smallest absolute Gasteiger partial charge is 0.0872 e. The third-order valence-electron chi connectivity index (χ3n) is 2.91. The van der Waals surface area contributed by atoms with Crippen molar-refractivity contribution in [2.45, 2.75) is 31.4 Å². The van der Waals surface area contributed by atoms with E-state index < -0.39 is 5.60 Å². The first kappa shape index (κ1) is 11.2. The molecule has 2 N–H and O–H groups in total. The van der Waals surface area contributed by atoms with Crippen molar-refractivity contribution in [3.05, 3.63) is 0 Å². The first-order chi connectivity index (χ1) is 5.67. The van der Waals surface area contributed by atoms with Gasteiger partial charge < -0.3 is 10.4 Å². The Balaban J connectivity index is 0.000000845. The van der Waals surface area contributed by atoms with Gasteiger partial charge in [0.2, 0.25) is 0 Å². The molecule has 13 heavy (non-hydrogen) atoms. The predicted octanol–water partition coefficient (Wildman–Crippen LogP) is 0.227. The third-order valence-corrected chi connectivity index (χ3v) is 2.91. The zero-order chi connectivity index (χ0) is 8.60. The highest BCUT2D eigenvalue weighted by atomic mass is 35.5. The Morgan fingerprint density at radius 2 is 1.85 bits per heavy atom. The molecule has 0 unspecified atom stereocenters. The molecule has 2 aliphatic rings. The summed E-state index contributed by atoms with van der Waals surface area (Å²) in [6, 6.07) is 0.728. The van der Waals surface area contributed by atoms with Crippen molar-refractivity contribution in [3.8, 4) is 0 Å². The molecule has 0 aromatic carbocycles. The number of piperidine rings is 1. The molecule has 0 aromatic rings. The second-order valence-electron chi connectivity index (χ2n) is 4.38. The number of hydrogen-bond acceptors (Lipinski definition) is 3. The molecule has 4 heteroatoms. The van der Waals surface area contributed by atoms with E-state index in [1.54, 1.807) is 0 Å². The van der Waals surface area contributed by atoms with Gasteiger partial charge in [0.15, 0.2) is 0 Å². The fourth-order valence-corrected chi connectivity index (χ4v) is 2.26. The molecule has 0 amide bonds. The van der Waals surface area contributed by atoms with Gasteiger partial charge >= 0.3 is 0 Å². The zero-order valence-electron chi connectivity index (χ0n) is 8.12. The fourth-order valence-electron chi connectivity index (χ4n) is 2.26. The SMILES string of the molecule is CC1(O)CN(C2CCNCC2)C1.Cl. The van der Waals surface area contributed by atoms with Crippen molar-refractivity contribution in [2.75, 3.05) is 26.2 Å². The van der Waals surface area contributed by atoms with Gasteiger partial charge in [-0.15, -0.1) is 12.4 Å². The molecule has 2 rings (SSSR count). The van der Waals surface area contributed by atoms with Gasteiger partial charge in [0.25, 0.3) is 0 Å². The minimum atomic E-state index is -0.398. The van der Waals surface area contributed by atoms with E-state index in [2.05, 4.69) is 10.2 Å². The van der Waals surface area contributed by atoms with E-state index in [0.717, 1.165) is 32.2 Å². The maximum absolute atomic E-state index is 9.56. The Morgan fingerprint density at radius 3 is 2.31 bits per heavy atom. The average molecular weight is 207 g/mol. The second kappa shape index (κ2) is 4.13. The van der Waals surface area contributed by atoms with Crippen LogP contribution in [-0.2, 0) is 0 Å². The first-order valence-corrected chi connectivity index (χ1v) is 4.84. The number of rotatable bonds is 1. The van der Waals surface area contributed by atoms with Gasteiger partial charge in [0.05, 0.1) is 5.60 Å². The maximum Gasteiger partial charge on any atom is 0.0872 e. The summed E-state index contributed by atoms with van der Waals surface area (Å²) < 4.78 is 0. The fraction of sp³-hybridized carbons (Fsp3) is 1.00. The number of likely N-dealkylation sites (tertiary alicyclic amines) is 1. The number of nitrogens with zero attached hydrogens (tertiary/aromatic N) is 1. The van der Waals surface area contributed by atoms with Crippen molar-refractivity contribution in [2.24, 2.45) is 0 Å². The molecule has 78 valence electrons. The van der Waals surface area contributed by atoms with Crippen molar-refractivity contribution < 1.29 is 5.11 Å². The largest absolute Gasteiger partial charge is 0.388 e. The molecule has 0 radical (unpaired) electrons. The number of nitrogens with one attached hydrogen (secondary N) is 1. The van der Waals surface area contributed by atoms with Gasteiger partial charge in [-0.2, -0.15) is 0 Å². The van der Waals surface area contributed by atoms with Crippen LogP contribution in [0, 0.1) is 0 Å². The van der Waals surface area contributed by atoms with E-state index in [9.17, 15) is 5.11 Å². The van der Waals surface area contributed by atoms with Crippen LogP contribution in [0.5, 0.6) is 0 Å². The van der Waals surface area contributed by atoms with Gasteiger partial charge in [0.1, 0.15) is 0 Å². The molecular weight excluding hydrogens is 188 g/mol. The van der Waals surface area contributed by atoms with Gasteiger partial charge in [0, 0.05) is 19.1 Å². The Hall–Kier alpha value is 0.170. The van der Waals surface area contributed by atoms with Crippen LogP contribution in [0.3, 0.4) is 0 Å². The minimum Gasteiger partial charge on any atom is -0.388 e. The lowest BCUT2D eigenvalue weighted by Crippen LogP contribution is -2.64. The lowest BCUT2D eigenvalue weighted by Gasteiger charge is -2.49. The summed E-state index contributed by atoms with van der Waals surface area (Å²) in [5.74, 6) is 0. The van der Waals surface area contributed by atoms with Crippen LogP contribution >= 0.6 is 12.4 Å². The lowest BCUT2D eigenvalue weighted by atomic mass is 9.91. The number of aliphatic hydroxyl groups is 1. The zero-order valence-corrected chi connectivity index (χ0v) is 8.94. The molecule has 3 nitrogen and oxygen atoms in total. The van der Waals surface area contributed by atoms with Crippen LogP contribution in [0.2, 0.25) is 0 Å². The summed E-state index contributed by atoms with van der Waals surface area (Å²) in [5.41, 5.74) is -0.398. The summed E-state index contributed by atoms with van der Waals surface area (Å²) in [6.07, 6.45) is 2.49. The lowest BCUT2D eigenvalue weighted by molar-refractivity contribution is -0.106. The van der Waals surface area contributed by atoms with Crippen molar-refractivity contribution >= 4 is 12.4 Å². The van der Waals surface area contributed by atoms with Crippen LogP contribution in [0.4, 0.5) is 0 Å². The Morgan fingerprint density at radius 1 is 1.31 bits per heavy atom. The van der Waals surface area contributed by atoms with Crippen LogP contribution in [0.25, 0.3) is 0 Å². The molecular formula is C9H19ClN2O. The molecule has 0 aromatic heterocycles. The van der Waals surface area contributed by atoms with Crippen molar-refractivity contribution in [1.82, 2.24) is 10.2 Å². The molecule has 0 saturated carbocycles. The third kappa shape index (κ3) is 2.56. The first-order valence-electron chi connectivity index (χ1n) is 4.84.